The molecular weight excluding hydrogens is 964 g/mol. The van der Waals surface area contributed by atoms with Crippen LogP contribution < -0.4 is 14.5 Å². The molecule has 6 heteroatoms. The number of fused-ring (bicyclic) bond motifs is 3. The molecule has 1 aliphatic heterocycles. The van der Waals surface area contributed by atoms with Gasteiger partial charge in [-0.2, -0.15) is 6.07 Å². The summed E-state index contributed by atoms with van der Waals surface area (Å²) in [6.45, 7) is 24.7. The molecule has 6 aromatic carbocycles. The van der Waals surface area contributed by atoms with Crippen LogP contribution >= 0.6 is 0 Å². The number of nitrogens with zero attached hydrogens (tertiary/aromatic N) is 4. The van der Waals surface area contributed by atoms with E-state index in [0.29, 0.717) is 11.5 Å². The average molecular weight is 1020 g/mol. The molecule has 0 fully saturated rings. The summed E-state index contributed by atoms with van der Waals surface area (Å²) in [5.41, 5.74) is 10.8. The predicted octanol–water partition coefficient (Wildman–Crippen LogP) is 14.7. The van der Waals surface area contributed by atoms with Crippen LogP contribution in [0.4, 0.5) is 11.4 Å². The van der Waals surface area contributed by atoms with Crippen LogP contribution in [0.2, 0.25) is 0 Å². The zero-order valence-electron chi connectivity index (χ0n) is 38.6. The molecule has 1 aliphatic rings. The summed E-state index contributed by atoms with van der Waals surface area (Å²) in [5.74, 6) is 2.09. The van der Waals surface area contributed by atoms with Crippen LogP contribution in [0.1, 0.15) is 103 Å². The third-order valence-corrected chi connectivity index (χ3v) is 12.9. The van der Waals surface area contributed by atoms with Gasteiger partial charge in [0.15, 0.2) is 0 Å². The third kappa shape index (κ3) is 8.55. The molecule has 5 nitrogen and oxygen atoms in total. The molecule has 2 aromatic heterocycles. The minimum Gasteiger partial charge on any atom is -0.509 e. The Morgan fingerprint density at radius 1 is 0.500 bits per heavy atom. The predicted molar refractivity (Wildman–Crippen MR) is 262 cm³/mol. The van der Waals surface area contributed by atoms with Crippen molar-refractivity contribution in [1.82, 2.24) is 9.55 Å². The Labute approximate surface area is 394 Å². The molecule has 9 rings (SSSR count). The molecule has 0 radical (unpaired) electrons. The summed E-state index contributed by atoms with van der Waals surface area (Å²) < 4.78 is 9.04. The third-order valence-electron chi connectivity index (χ3n) is 12.9. The van der Waals surface area contributed by atoms with Crippen molar-refractivity contribution in [2.45, 2.75) is 90.9 Å². The number of aromatic nitrogens is 2. The fraction of sp³-hybridized carbons (Fsp3) is 0.241. The van der Waals surface area contributed by atoms with E-state index in [9.17, 15) is 0 Å². The van der Waals surface area contributed by atoms with Gasteiger partial charge in [-0.15, -0.1) is 53.6 Å². The van der Waals surface area contributed by atoms with Gasteiger partial charge in [-0.25, -0.2) is 4.98 Å². The van der Waals surface area contributed by atoms with Gasteiger partial charge in [-0.05, 0) is 86.8 Å². The van der Waals surface area contributed by atoms with E-state index in [1.54, 1.807) is 0 Å². The number of anilines is 2. The van der Waals surface area contributed by atoms with E-state index in [1.165, 1.54) is 27.8 Å². The number of hydrogen-bond acceptors (Lipinski definition) is 4. The summed E-state index contributed by atoms with van der Waals surface area (Å²) in [6.07, 6.45) is 6.10. The zero-order valence-corrected chi connectivity index (χ0v) is 40.9. The second kappa shape index (κ2) is 16.9. The second-order valence-corrected chi connectivity index (χ2v) is 20.0. The number of rotatable bonds is 9. The van der Waals surface area contributed by atoms with Crippen LogP contribution in [0.15, 0.2) is 158 Å². The minimum absolute atomic E-state index is 0. The fourth-order valence-corrected chi connectivity index (χ4v) is 8.64. The van der Waals surface area contributed by atoms with Gasteiger partial charge >= 0.3 is 0 Å². The monoisotopic (exact) mass is 1020 g/mol. The molecule has 0 saturated heterocycles. The van der Waals surface area contributed by atoms with Crippen molar-refractivity contribution in [2.24, 2.45) is 0 Å². The largest absolute Gasteiger partial charge is 0.509 e. The normalized spacial score (nSPS) is 13.5. The molecule has 3 heterocycles. The van der Waals surface area contributed by atoms with E-state index in [1.807, 2.05) is 12.3 Å². The number of pyridine rings is 1. The van der Waals surface area contributed by atoms with E-state index in [4.69, 9.17) is 9.72 Å². The molecule has 0 saturated carbocycles. The molecule has 0 N–H and O–H groups in total. The Kier molecular flexibility index (Phi) is 11.8. The van der Waals surface area contributed by atoms with E-state index < -0.39 is 0 Å². The molecular formula is C58H57N4OPt-3. The first-order valence-corrected chi connectivity index (χ1v) is 22.0. The molecule has 8 aromatic rings. The fourth-order valence-electron chi connectivity index (χ4n) is 8.64. The Morgan fingerprint density at radius 3 is 1.78 bits per heavy atom. The number of ether oxygens (including phenoxy) is 1. The van der Waals surface area contributed by atoms with E-state index in [2.05, 4.69) is 248 Å². The molecule has 0 bridgehead atoms. The second-order valence-electron chi connectivity index (χ2n) is 20.0. The van der Waals surface area contributed by atoms with Crippen LogP contribution in [-0.4, -0.2) is 9.55 Å². The molecule has 0 spiro atoms. The quantitative estimate of drug-likeness (QED) is 0.135. The van der Waals surface area contributed by atoms with Gasteiger partial charge in [-0.3, -0.25) is 0 Å². The maximum atomic E-state index is 6.81. The molecule has 328 valence electrons. The first kappa shape index (κ1) is 44.7. The topological polar surface area (TPSA) is 33.5 Å². The van der Waals surface area contributed by atoms with Crippen molar-refractivity contribution in [3.8, 4) is 17.3 Å². The maximum Gasteiger partial charge on any atom is 0.135 e. The van der Waals surface area contributed by atoms with Crippen LogP contribution in [-0.2, 0) is 42.7 Å². The van der Waals surface area contributed by atoms with Crippen molar-refractivity contribution < 1.29 is 25.8 Å². The van der Waals surface area contributed by atoms with Gasteiger partial charge in [0.1, 0.15) is 5.82 Å². The Bertz CT molecular complexity index is 2990. The molecule has 0 atom stereocenters. The smallest absolute Gasteiger partial charge is 0.135 e. The summed E-state index contributed by atoms with van der Waals surface area (Å²) in [5, 5.41) is 2.24. The van der Waals surface area contributed by atoms with Crippen molar-refractivity contribution in [3.05, 3.63) is 210 Å². The van der Waals surface area contributed by atoms with Gasteiger partial charge in [-0.1, -0.05) is 160 Å². The van der Waals surface area contributed by atoms with E-state index >= 15 is 0 Å². The van der Waals surface area contributed by atoms with E-state index in [0.717, 1.165) is 44.6 Å². The Hall–Kier alpha value is -5.90. The van der Waals surface area contributed by atoms with Gasteiger partial charge < -0.3 is 19.1 Å². The SMILES string of the molecule is CC(C)(C)c1cc(Oc2[c-]c3c(cc2)c2cc(C(C)(C)c4ccccc4)ccc2n3-c2cc(C(C)(C)C)ccn2)[c-]c(N2C=CN(c3cccc(C(C)(C)c4ccccc4)c3)[CH-]2)c1.[Pt]. The summed E-state index contributed by atoms with van der Waals surface area (Å²) in [6, 6.07) is 57.3. The van der Waals surface area contributed by atoms with Crippen molar-refractivity contribution >= 4 is 33.2 Å². The van der Waals surface area contributed by atoms with Crippen molar-refractivity contribution in [2.75, 3.05) is 9.80 Å². The van der Waals surface area contributed by atoms with Gasteiger partial charge in [0.25, 0.3) is 0 Å². The summed E-state index contributed by atoms with van der Waals surface area (Å²) in [4.78, 5) is 9.24. The van der Waals surface area contributed by atoms with Gasteiger partial charge in [0.2, 0.25) is 0 Å². The average Bonchev–Trinajstić information content (AvgIpc) is 3.90. The first-order valence-electron chi connectivity index (χ1n) is 22.0. The number of benzene rings is 6. The number of hydrogen-bond donors (Lipinski definition) is 0. The first-order chi connectivity index (χ1) is 30.0. The standard InChI is InChI=1S/C58H57N4O.Pt/c1-55(2,3)42-28-29-59-54(36-42)62-52-27-24-44(58(9,10)41-20-15-12-16-21-41)35-51(52)50-26-25-48(38-53(50)62)63-49-34-45(56(4,5)6)33-47(37-49)61-31-30-60(39-61)46-23-17-22-43(32-46)57(7,8)40-18-13-11-14-19-40;/h11-36,39H,1-10H3;/q-3;. The minimum atomic E-state index is -0.199. The van der Waals surface area contributed by atoms with Crippen LogP contribution in [0, 0.1) is 18.8 Å². The zero-order chi connectivity index (χ0) is 44.3. The summed E-state index contributed by atoms with van der Waals surface area (Å²) >= 11 is 0. The van der Waals surface area contributed by atoms with Crippen LogP contribution in [0.5, 0.6) is 11.5 Å². The Morgan fingerprint density at radius 2 is 1.12 bits per heavy atom. The van der Waals surface area contributed by atoms with Crippen molar-refractivity contribution in [3.63, 3.8) is 0 Å². The molecule has 64 heavy (non-hydrogen) atoms. The van der Waals surface area contributed by atoms with Gasteiger partial charge in [0.05, 0.1) is 0 Å². The summed E-state index contributed by atoms with van der Waals surface area (Å²) in [7, 11) is 0. The van der Waals surface area contributed by atoms with Gasteiger partial charge in [0, 0.05) is 60.8 Å². The van der Waals surface area contributed by atoms with Crippen molar-refractivity contribution in [1.29, 1.82) is 0 Å². The van der Waals surface area contributed by atoms with E-state index in [-0.39, 0.29) is 42.7 Å². The Balaban J connectivity index is 0.00000560. The molecule has 0 unspecified atom stereocenters. The molecule has 0 aliphatic carbocycles. The van der Waals surface area contributed by atoms with Crippen LogP contribution in [0.3, 0.4) is 0 Å². The van der Waals surface area contributed by atoms with Crippen LogP contribution in [0.25, 0.3) is 27.6 Å². The molecule has 0 amide bonds. The maximum absolute atomic E-state index is 6.81.